The van der Waals surface area contributed by atoms with Crippen molar-refractivity contribution in [3.05, 3.63) is 44.8 Å². The molecule has 0 aromatic heterocycles. The smallest absolute Gasteiger partial charge is 0.298 e. The van der Waals surface area contributed by atoms with E-state index >= 15 is 0 Å². The maximum atomic E-state index is 10.4. The van der Waals surface area contributed by atoms with Crippen LogP contribution in [0.2, 0.25) is 0 Å². The Morgan fingerprint density at radius 2 is 2.09 bits per heavy atom. The van der Waals surface area contributed by atoms with Crippen LogP contribution >= 0.6 is 31.9 Å². The van der Waals surface area contributed by atoms with Crippen molar-refractivity contribution in [3.8, 4) is 17.2 Å². The molecule has 0 bridgehead atoms. The van der Waals surface area contributed by atoms with Crippen LogP contribution in [0.25, 0.3) is 0 Å². The molecule has 120 valence electrons. The summed E-state index contributed by atoms with van der Waals surface area (Å²) in [5.74, 6) is 0.746. The molecule has 2 aromatic rings. The standard InChI is InChI=1S/C16H13Br2NO4/c1-2-22-14-7-13(17)15(18)12(16(14)21)8-19-10-4-3-5-11(6-10)23-9-20/h3-9,21H,2H2,1H3. The summed E-state index contributed by atoms with van der Waals surface area (Å²) in [6, 6.07) is 8.40. The number of hydrogen-bond acceptors (Lipinski definition) is 5. The Balaban J connectivity index is 2.38. The zero-order valence-corrected chi connectivity index (χ0v) is 15.3. The van der Waals surface area contributed by atoms with Crippen molar-refractivity contribution in [2.75, 3.05) is 6.61 Å². The molecule has 0 amide bonds. The molecule has 0 radical (unpaired) electrons. The van der Waals surface area contributed by atoms with Crippen LogP contribution in [0, 0.1) is 0 Å². The fraction of sp³-hybridized carbons (Fsp3) is 0.125. The number of hydrogen-bond donors (Lipinski definition) is 1. The summed E-state index contributed by atoms with van der Waals surface area (Å²) in [4.78, 5) is 14.7. The van der Waals surface area contributed by atoms with Gasteiger partial charge in [-0.3, -0.25) is 9.79 Å². The van der Waals surface area contributed by atoms with Gasteiger partial charge in [0.25, 0.3) is 6.47 Å². The summed E-state index contributed by atoms with van der Waals surface area (Å²) in [7, 11) is 0. The molecule has 0 fully saturated rings. The molecule has 0 aliphatic rings. The van der Waals surface area contributed by atoms with Crippen LogP contribution in [0.5, 0.6) is 17.2 Å². The van der Waals surface area contributed by atoms with Gasteiger partial charge < -0.3 is 14.6 Å². The molecule has 1 N–H and O–H groups in total. The van der Waals surface area contributed by atoms with Gasteiger partial charge in [-0.2, -0.15) is 0 Å². The average molecular weight is 443 g/mol. The first-order chi connectivity index (χ1) is 11.1. The van der Waals surface area contributed by atoms with Crippen LogP contribution in [0.15, 0.2) is 44.3 Å². The van der Waals surface area contributed by atoms with Gasteiger partial charge in [-0.1, -0.05) is 6.07 Å². The predicted molar refractivity (Wildman–Crippen MR) is 95.1 cm³/mol. The number of phenolic OH excluding ortho intramolecular Hbond substituents is 1. The second-order valence-electron chi connectivity index (χ2n) is 4.34. The molecular formula is C16H13Br2NO4. The van der Waals surface area contributed by atoms with Crippen molar-refractivity contribution in [1.29, 1.82) is 0 Å². The maximum absolute atomic E-state index is 10.4. The topological polar surface area (TPSA) is 68.1 Å². The SMILES string of the molecule is CCOc1cc(Br)c(Br)c(C=Nc2cccc(OC=O)c2)c1O. The largest absolute Gasteiger partial charge is 0.504 e. The summed E-state index contributed by atoms with van der Waals surface area (Å²) < 4.78 is 11.6. The molecule has 0 aliphatic carbocycles. The highest BCUT2D eigenvalue weighted by atomic mass is 79.9. The lowest BCUT2D eigenvalue weighted by molar-refractivity contribution is -0.120. The molecule has 0 aliphatic heterocycles. The lowest BCUT2D eigenvalue weighted by atomic mass is 10.2. The zero-order chi connectivity index (χ0) is 16.8. The summed E-state index contributed by atoms with van der Waals surface area (Å²) in [5, 5.41) is 10.3. The first kappa shape index (κ1) is 17.5. The number of aliphatic imine (C=N–C) groups is 1. The summed E-state index contributed by atoms with van der Waals surface area (Å²) in [6.45, 7) is 2.62. The van der Waals surface area contributed by atoms with Crippen LogP contribution in [0.1, 0.15) is 12.5 Å². The summed E-state index contributed by atoms with van der Waals surface area (Å²) in [5.41, 5.74) is 1.05. The van der Waals surface area contributed by atoms with E-state index in [1.165, 1.54) is 6.21 Å². The van der Waals surface area contributed by atoms with Gasteiger partial charge in [0.1, 0.15) is 5.75 Å². The molecule has 0 heterocycles. The molecular weight excluding hydrogens is 430 g/mol. The van der Waals surface area contributed by atoms with Gasteiger partial charge in [0.2, 0.25) is 0 Å². The van der Waals surface area contributed by atoms with E-state index in [2.05, 4.69) is 36.9 Å². The van der Waals surface area contributed by atoms with E-state index in [0.717, 1.165) is 4.47 Å². The minimum absolute atomic E-state index is 0.00836. The van der Waals surface area contributed by atoms with E-state index < -0.39 is 0 Å². The Morgan fingerprint density at radius 3 is 2.78 bits per heavy atom. The molecule has 0 atom stereocenters. The van der Waals surface area contributed by atoms with E-state index in [-0.39, 0.29) is 5.75 Å². The number of aromatic hydroxyl groups is 1. The van der Waals surface area contributed by atoms with Gasteiger partial charge in [-0.25, -0.2) is 0 Å². The fourth-order valence-corrected chi connectivity index (χ4v) is 2.65. The van der Waals surface area contributed by atoms with E-state index in [0.29, 0.717) is 40.3 Å². The lowest BCUT2D eigenvalue weighted by Crippen LogP contribution is -1.96. The van der Waals surface area contributed by atoms with Crippen LogP contribution in [0.3, 0.4) is 0 Å². The molecule has 2 aromatic carbocycles. The predicted octanol–water partition coefficient (Wildman–Crippen LogP) is 4.60. The molecule has 0 saturated carbocycles. The molecule has 0 spiro atoms. The van der Waals surface area contributed by atoms with E-state index in [4.69, 9.17) is 9.47 Å². The second-order valence-corrected chi connectivity index (χ2v) is 5.98. The Hall–Kier alpha value is -1.86. The zero-order valence-electron chi connectivity index (χ0n) is 12.1. The number of carbonyl (C=O) groups is 1. The van der Waals surface area contributed by atoms with Gasteiger partial charge in [0, 0.05) is 21.2 Å². The normalized spacial score (nSPS) is 10.7. The highest BCUT2D eigenvalue weighted by molar-refractivity contribution is 9.13. The third-order valence-corrected chi connectivity index (χ3v) is 4.85. The van der Waals surface area contributed by atoms with Crippen LogP contribution < -0.4 is 9.47 Å². The monoisotopic (exact) mass is 441 g/mol. The first-order valence-corrected chi connectivity index (χ1v) is 8.23. The minimum atomic E-state index is -0.00836. The van der Waals surface area contributed by atoms with Crippen molar-refractivity contribution in [1.82, 2.24) is 0 Å². The minimum Gasteiger partial charge on any atom is -0.504 e. The Labute approximate surface area is 150 Å². The molecule has 7 heteroatoms. The number of halogens is 2. The highest BCUT2D eigenvalue weighted by Gasteiger charge is 2.14. The number of nitrogens with zero attached hydrogens (tertiary/aromatic N) is 1. The summed E-state index contributed by atoms with van der Waals surface area (Å²) >= 11 is 6.81. The second kappa shape index (κ2) is 8.12. The number of carbonyl (C=O) groups excluding carboxylic acids is 1. The molecule has 0 unspecified atom stereocenters. The number of phenols is 1. The Morgan fingerprint density at radius 1 is 1.30 bits per heavy atom. The van der Waals surface area contributed by atoms with Crippen molar-refractivity contribution >= 4 is 50.2 Å². The van der Waals surface area contributed by atoms with Gasteiger partial charge in [0.15, 0.2) is 11.5 Å². The van der Waals surface area contributed by atoms with Crippen molar-refractivity contribution in [2.24, 2.45) is 4.99 Å². The Kier molecular flexibility index (Phi) is 6.18. The van der Waals surface area contributed by atoms with Gasteiger partial charge in [-0.05, 0) is 57.0 Å². The van der Waals surface area contributed by atoms with Gasteiger partial charge >= 0.3 is 0 Å². The average Bonchev–Trinajstić information content (AvgIpc) is 2.53. The van der Waals surface area contributed by atoms with Crippen molar-refractivity contribution < 1.29 is 19.4 Å². The van der Waals surface area contributed by atoms with Crippen LogP contribution in [0.4, 0.5) is 5.69 Å². The van der Waals surface area contributed by atoms with Gasteiger partial charge in [-0.15, -0.1) is 0 Å². The maximum Gasteiger partial charge on any atom is 0.298 e. The molecule has 5 nitrogen and oxygen atoms in total. The lowest BCUT2D eigenvalue weighted by Gasteiger charge is -2.11. The third-order valence-electron chi connectivity index (χ3n) is 2.84. The van der Waals surface area contributed by atoms with Crippen molar-refractivity contribution in [2.45, 2.75) is 6.92 Å². The van der Waals surface area contributed by atoms with E-state index in [9.17, 15) is 9.90 Å². The molecule has 23 heavy (non-hydrogen) atoms. The third kappa shape index (κ3) is 4.33. The highest BCUT2D eigenvalue weighted by Crippen LogP contribution is 2.40. The van der Waals surface area contributed by atoms with Crippen LogP contribution in [-0.4, -0.2) is 24.4 Å². The fourth-order valence-electron chi connectivity index (χ4n) is 1.83. The first-order valence-electron chi connectivity index (χ1n) is 6.65. The Bertz CT molecular complexity index is 747. The number of rotatable bonds is 6. The van der Waals surface area contributed by atoms with E-state index in [1.54, 1.807) is 30.3 Å². The number of ether oxygens (including phenoxy) is 2. The molecule has 0 saturated heterocycles. The van der Waals surface area contributed by atoms with Crippen molar-refractivity contribution in [3.63, 3.8) is 0 Å². The number of benzene rings is 2. The summed E-state index contributed by atoms with van der Waals surface area (Å²) in [6.07, 6.45) is 1.51. The molecule has 2 rings (SSSR count). The quantitative estimate of drug-likeness (QED) is 0.524. The van der Waals surface area contributed by atoms with Crippen LogP contribution in [-0.2, 0) is 4.79 Å². The van der Waals surface area contributed by atoms with Gasteiger partial charge in [0.05, 0.1) is 17.9 Å². The van der Waals surface area contributed by atoms with E-state index in [1.807, 2.05) is 6.92 Å².